The van der Waals surface area contributed by atoms with Crippen LogP contribution in [0.4, 0.5) is 5.69 Å². The number of hydrogen-bond acceptors (Lipinski definition) is 5. The highest BCUT2D eigenvalue weighted by Crippen LogP contribution is 2.55. The molecule has 0 amide bonds. The predicted molar refractivity (Wildman–Crippen MR) is 145 cm³/mol. The molecule has 4 bridgehead atoms. The fourth-order valence-electron chi connectivity index (χ4n) is 7.16. The first kappa shape index (κ1) is 25.7. The lowest BCUT2D eigenvalue weighted by atomic mass is 9.53. The molecule has 0 spiro atoms. The number of pyridine rings is 1. The molecule has 7 nitrogen and oxygen atoms in total. The topological polar surface area (TPSA) is 122 Å². The van der Waals surface area contributed by atoms with Gasteiger partial charge in [0.05, 0.1) is 17.8 Å². The minimum Gasteiger partial charge on any atom is -0.481 e. The summed E-state index contributed by atoms with van der Waals surface area (Å²) in [5.41, 5.74) is 3.41. The van der Waals surface area contributed by atoms with Crippen LogP contribution < -0.4 is 5.32 Å². The summed E-state index contributed by atoms with van der Waals surface area (Å²) in [6, 6.07) is 15.9. The molecule has 0 unspecified atom stereocenters. The van der Waals surface area contributed by atoms with E-state index >= 15 is 0 Å². The number of hydrogen-bond donors (Lipinski definition) is 2. The number of benzene rings is 1. The summed E-state index contributed by atoms with van der Waals surface area (Å²) >= 11 is 0. The fraction of sp³-hybridized carbons (Fsp3) is 0.452. The molecular weight excluding hydrogens is 474 g/mol. The number of nitriles is 2. The Labute approximate surface area is 223 Å². The molecule has 2 N–H and O–H groups in total. The number of allylic oxidation sites excluding steroid dienone is 1. The molecule has 0 saturated heterocycles. The van der Waals surface area contributed by atoms with Crippen molar-refractivity contribution in [1.29, 1.82) is 10.5 Å². The van der Waals surface area contributed by atoms with Gasteiger partial charge in [-0.2, -0.15) is 10.5 Å². The molecule has 38 heavy (non-hydrogen) atoms. The Morgan fingerprint density at radius 1 is 1.11 bits per heavy atom. The van der Waals surface area contributed by atoms with Gasteiger partial charge >= 0.3 is 5.97 Å². The van der Waals surface area contributed by atoms with Crippen molar-refractivity contribution in [1.82, 2.24) is 10.3 Å². The molecule has 194 valence electrons. The third-order valence-corrected chi connectivity index (χ3v) is 8.29. The fourth-order valence-corrected chi connectivity index (χ4v) is 7.16. The summed E-state index contributed by atoms with van der Waals surface area (Å²) in [4.78, 5) is 20.1. The molecule has 4 aliphatic rings. The monoisotopic (exact) mass is 507 g/mol. The number of nitrogens with one attached hydrogen (secondary N) is 1. The number of aliphatic carboxylic acids is 1. The van der Waals surface area contributed by atoms with Gasteiger partial charge in [0.25, 0.3) is 0 Å². The van der Waals surface area contributed by atoms with Crippen molar-refractivity contribution < 1.29 is 9.90 Å². The Morgan fingerprint density at radius 3 is 2.39 bits per heavy atom. The number of amidine groups is 1. The van der Waals surface area contributed by atoms with Crippen LogP contribution in [0.3, 0.4) is 0 Å². The average molecular weight is 508 g/mol. The lowest BCUT2D eigenvalue weighted by Gasteiger charge is -2.57. The van der Waals surface area contributed by atoms with Gasteiger partial charge in [-0.1, -0.05) is 24.3 Å². The molecule has 4 aliphatic carbocycles. The van der Waals surface area contributed by atoms with E-state index in [9.17, 15) is 15.3 Å². The molecule has 1 aromatic heterocycles. The van der Waals surface area contributed by atoms with E-state index in [1.165, 1.54) is 19.3 Å². The van der Waals surface area contributed by atoms with Crippen LogP contribution in [0, 0.1) is 46.3 Å². The maximum atomic E-state index is 11.0. The van der Waals surface area contributed by atoms with Crippen molar-refractivity contribution in [2.45, 2.75) is 63.3 Å². The van der Waals surface area contributed by atoms with Gasteiger partial charge in [0.2, 0.25) is 0 Å². The normalized spacial score (nSPS) is 26.1. The van der Waals surface area contributed by atoms with Crippen molar-refractivity contribution in [2.24, 2.45) is 28.7 Å². The highest BCUT2D eigenvalue weighted by atomic mass is 16.4. The van der Waals surface area contributed by atoms with Crippen LogP contribution in [-0.4, -0.2) is 27.4 Å². The predicted octanol–water partition coefficient (Wildman–Crippen LogP) is 6.02. The second-order valence-electron chi connectivity index (χ2n) is 11.2. The van der Waals surface area contributed by atoms with Gasteiger partial charge in [0, 0.05) is 29.9 Å². The van der Waals surface area contributed by atoms with Crippen LogP contribution >= 0.6 is 0 Å². The minimum atomic E-state index is -0.962. The Kier molecular flexibility index (Phi) is 7.56. The van der Waals surface area contributed by atoms with Gasteiger partial charge in [-0.05, 0) is 98.5 Å². The third kappa shape index (κ3) is 5.78. The van der Waals surface area contributed by atoms with Gasteiger partial charge in [0.15, 0.2) is 5.92 Å². The molecule has 0 atom stereocenters. The van der Waals surface area contributed by atoms with Crippen molar-refractivity contribution in [3.05, 3.63) is 66.0 Å². The summed E-state index contributed by atoms with van der Waals surface area (Å²) in [6.07, 6.45) is 14.0. The summed E-state index contributed by atoms with van der Waals surface area (Å²) in [7, 11) is 0. The molecule has 4 fully saturated rings. The van der Waals surface area contributed by atoms with Gasteiger partial charge in [0.1, 0.15) is 5.84 Å². The second kappa shape index (κ2) is 11.2. The van der Waals surface area contributed by atoms with Crippen LogP contribution in [0.2, 0.25) is 0 Å². The van der Waals surface area contributed by atoms with Crippen molar-refractivity contribution >= 4 is 23.1 Å². The van der Waals surface area contributed by atoms with Gasteiger partial charge in [-0.15, -0.1) is 0 Å². The maximum Gasteiger partial charge on any atom is 0.303 e. The standard InChI is InChI=1S/C31H33N5O2/c32-18-26(19-33)30(36-31-15-21-11-22(16-31)13-23(12-21)17-31)35-27-7-3-5-24(14-27)28(8-1-2-9-29(37)38)25-6-4-10-34-20-25/h3-8,10,14,20-23,26H,1-2,9,11-13,15-17H2,(H,35,36)(H,37,38)/b28-8+. The summed E-state index contributed by atoms with van der Waals surface area (Å²) in [6.45, 7) is 0. The quantitative estimate of drug-likeness (QED) is 0.243. The number of carboxylic acid groups (broad SMARTS) is 1. The first-order valence-electron chi connectivity index (χ1n) is 13.6. The molecule has 0 aliphatic heterocycles. The van der Waals surface area contributed by atoms with E-state index in [0.717, 1.165) is 53.7 Å². The first-order chi connectivity index (χ1) is 18.5. The molecule has 7 heteroatoms. The Hall–Kier alpha value is -3.97. The van der Waals surface area contributed by atoms with Crippen LogP contribution in [0.15, 0.2) is 59.9 Å². The summed E-state index contributed by atoms with van der Waals surface area (Å²) in [5, 5.41) is 32.3. The lowest BCUT2D eigenvalue weighted by Crippen LogP contribution is -2.60. The number of aromatic nitrogens is 1. The Bertz CT molecular complexity index is 1270. The number of unbranched alkanes of at least 4 members (excludes halogenated alkanes) is 1. The molecule has 1 aromatic carbocycles. The number of aliphatic imine (C=N–C) groups is 1. The SMILES string of the molecule is N#CC(C#N)C(=Nc1cccc(/C(=C\CCCC(=O)O)c2cccnc2)c1)NC12CC3CC(CC(C3)C1)C2. The lowest BCUT2D eigenvalue weighted by molar-refractivity contribution is -0.137. The van der Waals surface area contributed by atoms with Gasteiger partial charge in [-0.25, -0.2) is 4.99 Å². The second-order valence-corrected chi connectivity index (χ2v) is 11.2. The number of carbonyl (C=O) groups is 1. The van der Waals surface area contributed by atoms with E-state index < -0.39 is 11.9 Å². The van der Waals surface area contributed by atoms with E-state index in [-0.39, 0.29) is 12.0 Å². The number of rotatable bonds is 9. The number of nitrogens with zero attached hydrogens (tertiary/aromatic N) is 4. The van der Waals surface area contributed by atoms with E-state index in [2.05, 4.69) is 22.4 Å². The van der Waals surface area contributed by atoms with Crippen molar-refractivity contribution in [3.63, 3.8) is 0 Å². The zero-order valence-corrected chi connectivity index (χ0v) is 21.5. The third-order valence-electron chi connectivity index (χ3n) is 8.29. The van der Waals surface area contributed by atoms with Crippen molar-refractivity contribution in [2.75, 3.05) is 0 Å². The van der Waals surface area contributed by atoms with Crippen LogP contribution in [0.5, 0.6) is 0 Å². The molecule has 1 heterocycles. The average Bonchev–Trinajstić information content (AvgIpc) is 2.89. The van der Waals surface area contributed by atoms with Crippen LogP contribution in [-0.2, 0) is 4.79 Å². The highest BCUT2D eigenvalue weighted by Gasteiger charge is 2.51. The van der Waals surface area contributed by atoms with Crippen LogP contribution in [0.1, 0.15) is 68.9 Å². The van der Waals surface area contributed by atoms with Gasteiger partial charge in [-0.3, -0.25) is 9.78 Å². The first-order valence-corrected chi connectivity index (χ1v) is 13.6. The molecule has 2 aromatic rings. The highest BCUT2D eigenvalue weighted by molar-refractivity contribution is 5.92. The van der Waals surface area contributed by atoms with E-state index in [0.29, 0.717) is 24.4 Å². The Morgan fingerprint density at radius 2 is 1.79 bits per heavy atom. The van der Waals surface area contributed by atoms with E-state index in [1.54, 1.807) is 12.4 Å². The largest absolute Gasteiger partial charge is 0.481 e. The van der Waals surface area contributed by atoms with Crippen molar-refractivity contribution in [3.8, 4) is 12.1 Å². The molecule has 0 radical (unpaired) electrons. The molecule has 4 saturated carbocycles. The minimum absolute atomic E-state index is 0.0674. The van der Waals surface area contributed by atoms with E-state index in [1.807, 2.05) is 42.5 Å². The summed E-state index contributed by atoms with van der Waals surface area (Å²) in [5.74, 6) is 0.873. The Balaban J connectivity index is 1.46. The smallest absolute Gasteiger partial charge is 0.303 e. The van der Waals surface area contributed by atoms with E-state index in [4.69, 9.17) is 10.1 Å². The van der Waals surface area contributed by atoms with Gasteiger partial charge < -0.3 is 10.4 Å². The zero-order valence-electron chi connectivity index (χ0n) is 21.5. The zero-order chi connectivity index (χ0) is 26.5. The maximum absolute atomic E-state index is 11.0. The van der Waals surface area contributed by atoms with Crippen LogP contribution in [0.25, 0.3) is 5.57 Å². The molecule has 6 rings (SSSR count). The number of carboxylic acids is 1. The molecular formula is C31H33N5O2. The summed E-state index contributed by atoms with van der Waals surface area (Å²) < 4.78 is 0.